The summed E-state index contributed by atoms with van der Waals surface area (Å²) in [6.07, 6.45) is 6.99. The number of benzene rings is 1. The number of carbonyl (C=O) groups is 1. The Morgan fingerprint density at radius 3 is 2.37 bits per heavy atom. The third-order valence-electron chi connectivity index (χ3n) is 8.62. The van der Waals surface area contributed by atoms with Crippen LogP contribution in [0.25, 0.3) is 22.3 Å². The molecule has 0 radical (unpaired) electrons. The predicted octanol–water partition coefficient (Wildman–Crippen LogP) is 6.35. The Hall–Kier alpha value is -3.66. The summed E-state index contributed by atoms with van der Waals surface area (Å²) in [5.41, 5.74) is 0.694. The number of carbonyl (C=O) groups excluding carboxylic acids is 1. The number of fused-ring (bicyclic) bond motifs is 1. The zero-order valence-electron chi connectivity index (χ0n) is 26.2. The van der Waals surface area contributed by atoms with Gasteiger partial charge >= 0.3 is 0 Å². The fraction of sp³-hybridized carbons (Fsp3) is 0.452. The monoisotopic (exact) mass is 616 g/mol. The quantitative estimate of drug-likeness (QED) is 0.233. The summed E-state index contributed by atoms with van der Waals surface area (Å²) in [6, 6.07) is 13.6. The van der Waals surface area contributed by atoms with Gasteiger partial charge in [0.05, 0.1) is 29.3 Å². The molecule has 12 heteroatoms. The van der Waals surface area contributed by atoms with Gasteiger partial charge in [0.2, 0.25) is 5.91 Å². The molecule has 1 aliphatic heterocycles. The Morgan fingerprint density at radius 2 is 1.77 bits per heavy atom. The summed E-state index contributed by atoms with van der Waals surface area (Å²) in [5, 5.41) is 15.2. The molecule has 0 saturated carbocycles. The Labute approximate surface area is 255 Å². The normalized spacial score (nSPS) is 17.2. The third kappa shape index (κ3) is 5.34. The van der Waals surface area contributed by atoms with Crippen LogP contribution in [0.5, 0.6) is 0 Å². The first kappa shape index (κ1) is 30.8. The van der Waals surface area contributed by atoms with Crippen molar-refractivity contribution in [2.45, 2.75) is 76.5 Å². The van der Waals surface area contributed by atoms with E-state index in [9.17, 15) is 14.3 Å². The number of nitrogens with zero attached hydrogens (tertiary/aromatic N) is 8. The van der Waals surface area contributed by atoms with E-state index in [1.54, 1.807) is 17.0 Å². The van der Waals surface area contributed by atoms with Gasteiger partial charge in [0, 0.05) is 41.8 Å². The second kappa shape index (κ2) is 10.5. The van der Waals surface area contributed by atoms with E-state index in [1.807, 2.05) is 72.4 Å². The van der Waals surface area contributed by atoms with Crippen LogP contribution in [-0.2, 0) is 15.5 Å². The Kier molecular flexibility index (Phi) is 7.52. The van der Waals surface area contributed by atoms with Crippen LogP contribution in [0.2, 0.25) is 18.1 Å². The molecule has 0 bridgehead atoms. The van der Waals surface area contributed by atoms with Crippen molar-refractivity contribution in [3.63, 3.8) is 0 Å². The molecule has 3 aromatic heterocycles. The molecular weight excluding hydrogens is 577 g/mol. The molecule has 0 N–H and O–H groups in total. The van der Waals surface area contributed by atoms with E-state index in [2.05, 4.69) is 55.0 Å². The highest BCUT2D eigenvalue weighted by atomic mass is 32.2. The van der Waals surface area contributed by atoms with E-state index >= 15 is 0 Å². The molecule has 1 unspecified atom stereocenters. The van der Waals surface area contributed by atoms with E-state index in [0.717, 1.165) is 10.9 Å². The van der Waals surface area contributed by atoms with Crippen molar-refractivity contribution in [3.8, 4) is 17.3 Å². The van der Waals surface area contributed by atoms with Gasteiger partial charge in [-0.05, 0) is 36.3 Å². The highest BCUT2D eigenvalue weighted by Crippen LogP contribution is 2.42. The molecule has 1 atom stereocenters. The molecule has 0 amide bonds. The zero-order valence-corrected chi connectivity index (χ0v) is 28.0. The van der Waals surface area contributed by atoms with Gasteiger partial charge in [0.1, 0.15) is 21.8 Å². The molecule has 1 aliphatic rings. The lowest BCUT2D eigenvalue weighted by Gasteiger charge is -2.50. The van der Waals surface area contributed by atoms with Crippen LogP contribution in [0, 0.1) is 16.7 Å². The van der Waals surface area contributed by atoms with Crippen molar-refractivity contribution >= 4 is 35.1 Å². The molecule has 4 heterocycles. The second-order valence-corrected chi connectivity index (χ2v) is 21.3. The van der Waals surface area contributed by atoms with Gasteiger partial charge in [-0.3, -0.25) is 18.1 Å². The standard InChI is InChI=1S/C31H40N8O2SSi/c1-29(2,3)28(40)38-17-14-25-26(33-22-34-27(25)38)23-18-35-39(19-23)31(15-16-32)20-37(21-31)42(41,24-12-10-9-11-13-24)36-43(7,8)30(4,5)6/h9-14,17-19,22H,15,20-21H2,1-8H3. The SMILES string of the molecule is CC(C)(C)C(=O)n1ccc2c(-c3cnn(C4(CC#N)CN(S(=O)(=N[Si](C)(C)C(C)(C)C)c5ccccc5)C4)c3)ncnc21. The molecule has 4 aromatic rings. The Bertz CT molecular complexity index is 1840. The Balaban J connectivity index is 1.52. The van der Waals surface area contributed by atoms with Crippen LogP contribution in [-0.4, -0.2) is 60.1 Å². The van der Waals surface area contributed by atoms with Crippen molar-refractivity contribution < 1.29 is 9.00 Å². The maximum absolute atomic E-state index is 14.9. The van der Waals surface area contributed by atoms with E-state index < -0.39 is 29.1 Å². The van der Waals surface area contributed by atoms with Crippen molar-refractivity contribution in [1.82, 2.24) is 28.6 Å². The number of rotatable bonds is 6. The van der Waals surface area contributed by atoms with Gasteiger partial charge in [0.25, 0.3) is 0 Å². The van der Waals surface area contributed by atoms with E-state index in [0.29, 0.717) is 29.3 Å². The van der Waals surface area contributed by atoms with Crippen LogP contribution in [0.4, 0.5) is 0 Å². The average Bonchev–Trinajstić information content (AvgIpc) is 3.57. The fourth-order valence-corrected chi connectivity index (χ4v) is 11.1. The minimum Gasteiger partial charge on any atom is -0.273 e. The maximum Gasteiger partial charge on any atom is 0.237 e. The summed E-state index contributed by atoms with van der Waals surface area (Å²) >= 11 is 0. The van der Waals surface area contributed by atoms with E-state index in [4.69, 9.17) is 4.03 Å². The van der Waals surface area contributed by atoms with Crippen molar-refractivity contribution in [2.24, 2.45) is 9.44 Å². The minimum atomic E-state index is -2.93. The first-order valence-electron chi connectivity index (χ1n) is 14.4. The van der Waals surface area contributed by atoms with Crippen LogP contribution in [0.3, 0.4) is 0 Å². The summed E-state index contributed by atoms with van der Waals surface area (Å²) in [5.74, 6) is -0.0597. The maximum atomic E-state index is 14.9. The highest BCUT2D eigenvalue weighted by Gasteiger charge is 2.51. The number of hydrogen-bond donors (Lipinski definition) is 0. The number of nitriles is 1. The van der Waals surface area contributed by atoms with Crippen molar-refractivity contribution in [1.29, 1.82) is 5.26 Å². The third-order valence-corrected chi connectivity index (χ3v) is 17.0. The molecule has 226 valence electrons. The molecule has 1 saturated heterocycles. The predicted molar refractivity (Wildman–Crippen MR) is 171 cm³/mol. The summed E-state index contributed by atoms with van der Waals surface area (Å²) < 4.78 is 25.4. The number of hydrogen-bond acceptors (Lipinski definition) is 7. The largest absolute Gasteiger partial charge is 0.273 e. The van der Waals surface area contributed by atoms with Gasteiger partial charge in [0.15, 0.2) is 13.9 Å². The summed E-state index contributed by atoms with van der Waals surface area (Å²) in [4.78, 5) is 22.6. The van der Waals surface area contributed by atoms with E-state index in [-0.39, 0.29) is 17.4 Å². The second-order valence-electron chi connectivity index (χ2n) is 13.9. The Morgan fingerprint density at radius 1 is 1.09 bits per heavy atom. The number of aromatic nitrogens is 5. The van der Waals surface area contributed by atoms with Gasteiger partial charge < -0.3 is 0 Å². The molecule has 1 aromatic carbocycles. The zero-order chi connectivity index (χ0) is 31.4. The highest BCUT2D eigenvalue weighted by molar-refractivity contribution is 7.92. The van der Waals surface area contributed by atoms with Gasteiger partial charge in [-0.2, -0.15) is 10.4 Å². The lowest BCUT2D eigenvalue weighted by molar-refractivity contribution is 0.0750. The van der Waals surface area contributed by atoms with E-state index in [1.165, 1.54) is 6.33 Å². The molecule has 43 heavy (non-hydrogen) atoms. The summed E-state index contributed by atoms with van der Waals surface area (Å²) in [6.45, 7) is 17.1. The first-order chi connectivity index (χ1) is 20.0. The van der Waals surface area contributed by atoms with Crippen LogP contribution in [0.15, 0.2) is 70.2 Å². The molecule has 5 rings (SSSR count). The molecule has 0 aliphatic carbocycles. The molecule has 0 spiro atoms. The molecule has 1 fully saturated rings. The minimum absolute atomic E-state index is 0.0597. The molecule has 10 nitrogen and oxygen atoms in total. The lowest BCUT2D eigenvalue weighted by Crippen LogP contribution is -2.64. The van der Waals surface area contributed by atoms with Crippen LogP contribution >= 0.6 is 0 Å². The average molecular weight is 617 g/mol. The van der Waals surface area contributed by atoms with Crippen molar-refractivity contribution in [3.05, 3.63) is 61.3 Å². The van der Waals surface area contributed by atoms with Crippen LogP contribution < -0.4 is 0 Å². The van der Waals surface area contributed by atoms with Gasteiger partial charge in [-0.1, -0.05) is 59.7 Å². The topological polar surface area (TPSA) is 122 Å². The van der Waals surface area contributed by atoms with Gasteiger partial charge in [-0.25, -0.2) is 18.5 Å². The van der Waals surface area contributed by atoms with Crippen LogP contribution in [0.1, 0.15) is 52.8 Å². The summed E-state index contributed by atoms with van der Waals surface area (Å²) in [7, 11) is -5.24. The smallest absolute Gasteiger partial charge is 0.237 e. The van der Waals surface area contributed by atoms with Gasteiger partial charge in [-0.15, -0.1) is 0 Å². The fourth-order valence-electron chi connectivity index (χ4n) is 4.98. The first-order valence-corrected chi connectivity index (χ1v) is 18.8. The lowest BCUT2D eigenvalue weighted by atomic mass is 9.89. The van der Waals surface area contributed by atoms with Crippen molar-refractivity contribution in [2.75, 3.05) is 13.1 Å². The molecular formula is C31H40N8O2SSi.